The van der Waals surface area contributed by atoms with E-state index in [-0.39, 0.29) is 12.0 Å². The number of aromatic nitrogens is 1. The van der Waals surface area contributed by atoms with Crippen molar-refractivity contribution in [2.45, 2.75) is 37.4 Å². The van der Waals surface area contributed by atoms with Gasteiger partial charge < -0.3 is 34.3 Å². The number of hydrogen-bond acceptors (Lipinski definition) is 10. The van der Waals surface area contributed by atoms with Crippen molar-refractivity contribution in [3.63, 3.8) is 0 Å². The molecule has 3 heterocycles. The first-order valence-corrected chi connectivity index (χ1v) is 10.2. The number of hydrogen-bond donors (Lipinski definition) is 4. The third kappa shape index (κ3) is 3.85. The first kappa shape index (κ1) is 20.9. The fourth-order valence-electron chi connectivity index (χ4n) is 3.32. The molecule has 9 nitrogen and oxygen atoms in total. The van der Waals surface area contributed by atoms with Crippen LogP contribution in [-0.4, -0.2) is 69.1 Å². The smallest absolute Gasteiger partial charge is 0.202 e. The SMILES string of the molecule is Cc1csc(-c2coc3cc(OCC4OC(CO)C(O)C(O)C4O)ccc3c2=O)n1. The van der Waals surface area contributed by atoms with E-state index < -0.39 is 37.1 Å². The normalized spacial score (nSPS) is 26.8. The summed E-state index contributed by atoms with van der Waals surface area (Å²) < 4.78 is 16.6. The Labute approximate surface area is 174 Å². The molecule has 0 aliphatic carbocycles. The molecule has 0 radical (unpaired) electrons. The van der Waals surface area contributed by atoms with Crippen molar-refractivity contribution >= 4 is 22.3 Å². The average Bonchev–Trinajstić information content (AvgIpc) is 3.17. The maximum Gasteiger partial charge on any atom is 0.202 e. The van der Waals surface area contributed by atoms with Gasteiger partial charge in [0.05, 0.1) is 17.6 Å². The maximum atomic E-state index is 12.8. The highest BCUT2D eigenvalue weighted by molar-refractivity contribution is 7.13. The number of aliphatic hydroxyl groups excluding tert-OH is 4. The predicted molar refractivity (Wildman–Crippen MR) is 108 cm³/mol. The van der Waals surface area contributed by atoms with Crippen LogP contribution in [0.15, 0.2) is 39.1 Å². The molecule has 1 aliphatic heterocycles. The second-order valence-corrected chi connectivity index (χ2v) is 7.97. The van der Waals surface area contributed by atoms with E-state index in [1.807, 2.05) is 12.3 Å². The van der Waals surface area contributed by atoms with Gasteiger partial charge in [0.15, 0.2) is 0 Å². The zero-order valence-corrected chi connectivity index (χ0v) is 16.8. The molecule has 3 aromatic rings. The number of aryl methyl sites for hydroxylation is 1. The number of rotatable bonds is 5. The molecule has 0 saturated carbocycles. The Hall–Kier alpha value is -2.34. The number of benzene rings is 1. The zero-order chi connectivity index (χ0) is 21.4. The summed E-state index contributed by atoms with van der Waals surface area (Å²) in [6, 6.07) is 4.70. The number of ether oxygens (including phenoxy) is 2. The van der Waals surface area contributed by atoms with Crippen molar-refractivity contribution in [2.24, 2.45) is 0 Å². The molecule has 2 aromatic heterocycles. The molecule has 0 amide bonds. The topological polar surface area (TPSA) is 142 Å². The maximum absolute atomic E-state index is 12.8. The van der Waals surface area contributed by atoms with Crippen molar-refractivity contribution in [1.29, 1.82) is 0 Å². The summed E-state index contributed by atoms with van der Waals surface area (Å²) in [5.74, 6) is 0.362. The first-order valence-electron chi connectivity index (χ1n) is 9.30. The number of aliphatic hydroxyl groups is 4. The molecule has 5 unspecified atom stereocenters. The quantitative estimate of drug-likeness (QED) is 0.449. The molecule has 5 atom stereocenters. The van der Waals surface area contributed by atoms with Gasteiger partial charge >= 0.3 is 0 Å². The monoisotopic (exact) mass is 435 g/mol. The molecular weight excluding hydrogens is 414 g/mol. The summed E-state index contributed by atoms with van der Waals surface area (Å²) in [5.41, 5.74) is 1.33. The fraction of sp³-hybridized carbons (Fsp3) is 0.400. The van der Waals surface area contributed by atoms with E-state index in [1.165, 1.54) is 23.7 Å². The molecule has 4 N–H and O–H groups in total. The second kappa shape index (κ2) is 8.42. The van der Waals surface area contributed by atoms with Crippen LogP contribution in [0.4, 0.5) is 0 Å². The number of fused-ring (bicyclic) bond motifs is 1. The summed E-state index contributed by atoms with van der Waals surface area (Å²) in [6.45, 7) is 1.19. The minimum Gasteiger partial charge on any atom is -0.491 e. The minimum atomic E-state index is -1.47. The largest absolute Gasteiger partial charge is 0.491 e. The molecule has 4 rings (SSSR count). The number of thiazole rings is 1. The third-order valence-electron chi connectivity index (χ3n) is 5.00. The van der Waals surface area contributed by atoms with E-state index >= 15 is 0 Å². The Bertz CT molecular complexity index is 1090. The van der Waals surface area contributed by atoms with Gasteiger partial charge in [-0.15, -0.1) is 11.3 Å². The van der Waals surface area contributed by atoms with Crippen molar-refractivity contribution in [1.82, 2.24) is 4.98 Å². The summed E-state index contributed by atoms with van der Waals surface area (Å²) >= 11 is 1.37. The Balaban J connectivity index is 1.52. The summed E-state index contributed by atoms with van der Waals surface area (Å²) in [4.78, 5) is 17.1. The Morgan fingerprint density at radius 1 is 1.17 bits per heavy atom. The van der Waals surface area contributed by atoms with E-state index in [1.54, 1.807) is 12.1 Å². The van der Waals surface area contributed by atoms with Gasteiger partial charge in [-0.05, 0) is 19.1 Å². The lowest BCUT2D eigenvalue weighted by atomic mass is 9.95. The highest BCUT2D eigenvalue weighted by Crippen LogP contribution is 2.26. The molecule has 160 valence electrons. The van der Waals surface area contributed by atoms with E-state index in [9.17, 15) is 25.2 Å². The van der Waals surface area contributed by atoms with E-state index in [0.29, 0.717) is 27.3 Å². The van der Waals surface area contributed by atoms with Gasteiger partial charge in [-0.1, -0.05) is 0 Å². The van der Waals surface area contributed by atoms with Crippen LogP contribution in [0, 0.1) is 6.92 Å². The van der Waals surface area contributed by atoms with Crippen molar-refractivity contribution < 1.29 is 34.3 Å². The molecule has 10 heteroatoms. The van der Waals surface area contributed by atoms with Crippen LogP contribution < -0.4 is 10.2 Å². The lowest BCUT2D eigenvalue weighted by Crippen LogP contribution is -2.59. The van der Waals surface area contributed by atoms with Crippen molar-refractivity contribution in [3.05, 3.63) is 45.8 Å². The van der Waals surface area contributed by atoms with Gasteiger partial charge in [0.2, 0.25) is 5.43 Å². The van der Waals surface area contributed by atoms with E-state index in [2.05, 4.69) is 4.98 Å². The molecule has 0 spiro atoms. The highest BCUT2D eigenvalue weighted by atomic mass is 32.1. The van der Waals surface area contributed by atoms with Gasteiger partial charge in [0, 0.05) is 17.1 Å². The Kier molecular flexibility index (Phi) is 5.87. The van der Waals surface area contributed by atoms with Gasteiger partial charge in [-0.3, -0.25) is 4.79 Å². The molecular formula is C20H21NO8S. The van der Waals surface area contributed by atoms with Crippen LogP contribution in [0.2, 0.25) is 0 Å². The molecule has 30 heavy (non-hydrogen) atoms. The van der Waals surface area contributed by atoms with Crippen LogP contribution in [0.5, 0.6) is 5.75 Å². The van der Waals surface area contributed by atoms with Crippen LogP contribution >= 0.6 is 11.3 Å². The number of nitrogens with zero attached hydrogens (tertiary/aromatic N) is 1. The summed E-state index contributed by atoms with van der Waals surface area (Å²) in [5, 5.41) is 41.8. The lowest BCUT2D eigenvalue weighted by molar-refractivity contribution is -0.234. The van der Waals surface area contributed by atoms with Crippen LogP contribution in [-0.2, 0) is 4.74 Å². The van der Waals surface area contributed by atoms with Crippen molar-refractivity contribution in [3.8, 4) is 16.3 Å². The summed E-state index contributed by atoms with van der Waals surface area (Å²) in [7, 11) is 0. The van der Waals surface area contributed by atoms with Gasteiger partial charge in [-0.2, -0.15) is 0 Å². The average molecular weight is 435 g/mol. The Morgan fingerprint density at radius 2 is 1.93 bits per heavy atom. The van der Waals surface area contributed by atoms with Crippen LogP contribution in [0.3, 0.4) is 0 Å². The van der Waals surface area contributed by atoms with Gasteiger partial charge in [-0.25, -0.2) is 4.98 Å². The summed E-state index contributed by atoms with van der Waals surface area (Å²) in [6.07, 6.45) is -4.87. The third-order valence-corrected chi connectivity index (χ3v) is 5.99. The molecule has 0 bridgehead atoms. The van der Waals surface area contributed by atoms with Gasteiger partial charge in [0.1, 0.15) is 59.7 Å². The second-order valence-electron chi connectivity index (χ2n) is 7.11. The lowest BCUT2D eigenvalue weighted by Gasteiger charge is -2.39. The molecule has 1 saturated heterocycles. The Morgan fingerprint density at radius 3 is 2.63 bits per heavy atom. The molecule has 1 fully saturated rings. The van der Waals surface area contributed by atoms with Gasteiger partial charge in [0.25, 0.3) is 0 Å². The van der Waals surface area contributed by atoms with Crippen LogP contribution in [0.25, 0.3) is 21.5 Å². The predicted octanol–water partition coefficient (Wildman–Crippen LogP) is 0.446. The molecule has 1 aliphatic rings. The molecule has 1 aromatic carbocycles. The zero-order valence-electron chi connectivity index (χ0n) is 16.0. The highest BCUT2D eigenvalue weighted by Gasteiger charge is 2.43. The minimum absolute atomic E-state index is 0.145. The first-order chi connectivity index (χ1) is 14.4. The van der Waals surface area contributed by atoms with E-state index in [0.717, 1.165) is 5.69 Å². The standard InChI is InChI=1S/C20H21NO8S/c1-9-8-30-20(21-9)12-6-28-13-4-10(2-3-11(13)16(12)23)27-7-15-18(25)19(26)17(24)14(5-22)29-15/h2-4,6,8,14-15,17-19,22,24-26H,5,7H2,1H3. The fourth-order valence-corrected chi connectivity index (χ4v) is 4.12. The van der Waals surface area contributed by atoms with Crippen molar-refractivity contribution in [2.75, 3.05) is 13.2 Å². The van der Waals surface area contributed by atoms with E-state index in [4.69, 9.17) is 13.9 Å². The van der Waals surface area contributed by atoms with Crippen LogP contribution in [0.1, 0.15) is 5.69 Å².